The molecule has 1 heterocycles. The maximum absolute atomic E-state index is 13.3. The average molecular weight is 514 g/mol. The van der Waals surface area contributed by atoms with Crippen LogP contribution in [0.1, 0.15) is 47.1 Å². The number of carbonyl (C=O) groups is 2. The number of nitrogens with one attached hydrogen (secondary N) is 2. The van der Waals surface area contributed by atoms with Gasteiger partial charge in [-0.1, -0.05) is 11.6 Å². The molecule has 34 heavy (non-hydrogen) atoms. The second kappa shape index (κ2) is 10.7. The van der Waals surface area contributed by atoms with Gasteiger partial charge in [-0.3, -0.25) is 14.9 Å². The molecule has 2 rings (SSSR count). The summed E-state index contributed by atoms with van der Waals surface area (Å²) >= 11 is 6.38. The van der Waals surface area contributed by atoms with Crippen LogP contribution >= 0.6 is 11.6 Å². The maximum Gasteiger partial charge on any atom is 0.340 e. The number of carbonyl (C=O) groups excluding carboxylic acids is 2. The van der Waals surface area contributed by atoms with Gasteiger partial charge in [0.15, 0.2) is 5.78 Å². The summed E-state index contributed by atoms with van der Waals surface area (Å²) in [5.74, 6) is -2.44. The minimum Gasteiger partial charge on any atom is -0.459 e. The lowest BCUT2D eigenvalue weighted by molar-refractivity contribution is -0.384. The number of non-ortho nitro benzene ring substituents is 1. The Morgan fingerprint density at radius 1 is 1.26 bits per heavy atom. The molecule has 0 saturated carbocycles. The number of ether oxygens (including phenoxy) is 1. The number of hydrogen-bond acceptors (Lipinski definition) is 8. The molecule has 1 atom stereocenters. The number of nitrogens with zero attached hydrogens (tertiary/aromatic N) is 1. The van der Waals surface area contributed by atoms with Crippen LogP contribution in [0, 0.1) is 10.1 Å². The highest BCUT2D eigenvalue weighted by Crippen LogP contribution is 2.39. The molecule has 0 radical (unpaired) electrons. The minimum absolute atomic E-state index is 0.00727. The number of nitro benzene ring substituents is 1. The first-order valence-electron chi connectivity index (χ1n) is 10.5. The zero-order valence-corrected chi connectivity index (χ0v) is 21.3. The molecule has 0 aromatic heterocycles. The highest BCUT2D eigenvalue weighted by atomic mass is 35.5. The van der Waals surface area contributed by atoms with Crippen molar-refractivity contribution in [2.75, 3.05) is 5.75 Å². The number of rotatable bonds is 9. The van der Waals surface area contributed by atoms with Gasteiger partial charge in [-0.05, 0) is 47.6 Å². The predicted molar refractivity (Wildman–Crippen MR) is 129 cm³/mol. The second-order valence-corrected chi connectivity index (χ2v) is 10.6. The molecule has 1 aromatic rings. The van der Waals surface area contributed by atoms with E-state index in [1.54, 1.807) is 41.5 Å². The van der Waals surface area contributed by atoms with Gasteiger partial charge in [-0.15, -0.1) is 0 Å². The molecule has 2 N–H and O–H groups in total. The van der Waals surface area contributed by atoms with Crippen LogP contribution < -0.4 is 10.0 Å². The SMILES string of the molecule is CC1=C(C(=O)OC(C)C)C(c2cc([N+](=O)[O-])ccc2Cl)=C(C(=O)CS(=O)(=O)NC(C)C)C(C)N1. The number of allylic oxidation sites excluding steroid dienone is 1. The third kappa shape index (κ3) is 6.43. The minimum atomic E-state index is -4.00. The Morgan fingerprint density at radius 3 is 2.41 bits per heavy atom. The highest BCUT2D eigenvalue weighted by Gasteiger charge is 2.36. The molecule has 0 bridgehead atoms. The van der Waals surface area contributed by atoms with E-state index in [0.29, 0.717) is 5.70 Å². The maximum atomic E-state index is 13.3. The Balaban J connectivity index is 2.85. The smallest absolute Gasteiger partial charge is 0.340 e. The highest BCUT2D eigenvalue weighted by molar-refractivity contribution is 7.90. The number of Topliss-reactive ketones (excluding diaryl/α,β-unsaturated/α-hetero) is 1. The lowest BCUT2D eigenvalue weighted by Gasteiger charge is -2.30. The van der Waals surface area contributed by atoms with Gasteiger partial charge in [-0.2, -0.15) is 0 Å². The number of ketones is 1. The normalized spacial score (nSPS) is 16.7. The Hall–Kier alpha value is -2.76. The first kappa shape index (κ1) is 27.5. The summed E-state index contributed by atoms with van der Waals surface area (Å²) in [5.41, 5.74) is 0.0120. The van der Waals surface area contributed by atoms with Crippen LogP contribution in [-0.4, -0.2) is 49.0 Å². The van der Waals surface area contributed by atoms with Gasteiger partial charge < -0.3 is 10.1 Å². The summed E-state index contributed by atoms with van der Waals surface area (Å²) in [6.07, 6.45) is -0.497. The topological polar surface area (TPSA) is 145 Å². The first-order chi connectivity index (χ1) is 15.6. The van der Waals surface area contributed by atoms with E-state index in [2.05, 4.69) is 10.0 Å². The average Bonchev–Trinajstić information content (AvgIpc) is 2.65. The van der Waals surface area contributed by atoms with Crippen LogP contribution in [0.25, 0.3) is 5.57 Å². The quantitative estimate of drug-likeness (QED) is 0.291. The number of sulfonamides is 1. The van der Waals surface area contributed by atoms with Crippen LogP contribution in [0.5, 0.6) is 0 Å². The van der Waals surface area contributed by atoms with Crippen molar-refractivity contribution in [1.82, 2.24) is 10.0 Å². The molecule has 1 unspecified atom stereocenters. The fourth-order valence-electron chi connectivity index (χ4n) is 3.67. The largest absolute Gasteiger partial charge is 0.459 e. The van der Waals surface area contributed by atoms with Gasteiger partial charge in [0.05, 0.1) is 22.6 Å². The van der Waals surface area contributed by atoms with E-state index in [1.165, 1.54) is 12.1 Å². The van der Waals surface area contributed by atoms with Crippen LogP contribution in [0.2, 0.25) is 5.02 Å². The fourth-order valence-corrected chi connectivity index (χ4v) is 5.18. The van der Waals surface area contributed by atoms with E-state index in [0.717, 1.165) is 6.07 Å². The number of benzene rings is 1. The first-order valence-corrected chi connectivity index (χ1v) is 12.6. The van der Waals surface area contributed by atoms with Gasteiger partial charge in [-0.25, -0.2) is 17.9 Å². The van der Waals surface area contributed by atoms with Crippen LogP contribution in [0.3, 0.4) is 0 Å². The Kier molecular flexibility index (Phi) is 8.62. The molecular weight excluding hydrogens is 486 g/mol. The van der Waals surface area contributed by atoms with Gasteiger partial charge in [0.2, 0.25) is 10.0 Å². The molecule has 0 aliphatic carbocycles. The Labute approximate surface area is 203 Å². The van der Waals surface area contributed by atoms with Crippen molar-refractivity contribution < 1.29 is 27.7 Å². The van der Waals surface area contributed by atoms with Crippen molar-refractivity contribution in [3.05, 3.63) is 55.7 Å². The zero-order valence-electron chi connectivity index (χ0n) is 19.8. The summed E-state index contributed by atoms with van der Waals surface area (Å²) in [6, 6.07) is 2.48. The molecule has 0 spiro atoms. The van der Waals surface area contributed by atoms with E-state index in [1.807, 2.05) is 0 Å². The van der Waals surface area contributed by atoms with Crippen molar-refractivity contribution in [3.63, 3.8) is 0 Å². The molecule has 1 aliphatic heterocycles. The zero-order chi connectivity index (χ0) is 26.0. The van der Waals surface area contributed by atoms with Gasteiger partial charge in [0, 0.05) is 45.6 Å². The van der Waals surface area contributed by atoms with E-state index < -0.39 is 50.6 Å². The predicted octanol–water partition coefficient (Wildman–Crippen LogP) is 3.12. The van der Waals surface area contributed by atoms with Crippen molar-refractivity contribution in [2.24, 2.45) is 0 Å². The molecular formula is C22H28ClN3O7S. The van der Waals surface area contributed by atoms with Crippen LogP contribution in [0.15, 0.2) is 35.0 Å². The summed E-state index contributed by atoms with van der Waals surface area (Å²) in [5, 5.41) is 14.5. The number of nitro groups is 1. The third-order valence-electron chi connectivity index (χ3n) is 4.77. The number of esters is 1. The number of dihydropyridines is 1. The third-order valence-corrected chi connectivity index (χ3v) is 6.58. The van der Waals surface area contributed by atoms with Crippen molar-refractivity contribution >= 4 is 44.6 Å². The Morgan fingerprint density at radius 2 is 1.88 bits per heavy atom. The number of hydrogen-bond donors (Lipinski definition) is 2. The monoisotopic (exact) mass is 513 g/mol. The number of halogens is 1. The lowest BCUT2D eigenvalue weighted by atomic mass is 9.84. The van der Waals surface area contributed by atoms with Gasteiger partial charge in [0.1, 0.15) is 5.75 Å². The fraction of sp³-hybridized carbons (Fsp3) is 0.455. The van der Waals surface area contributed by atoms with Crippen LogP contribution in [-0.2, 0) is 24.3 Å². The Bertz CT molecular complexity index is 1190. The van der Waals surface area contributed by atoms with E-state index in [9.17, 15) is 28.1 Å². The van der Waals surface area contributed by atoms with Gasteiger partial charge >= 0.3 is 5.97 Å². The lowest BCUT2D eigenvalue weighted by Crippen LogP contribution is -2.41. The van der Waals surface area contributed by atoms with Gasteiger partial charge in [0.25, 0.3) is 5.69 Å². The summed E-state index contributed by atoms with van der Waals surface area (Å²) in [7, 11) is -4.00. The van der Waals surface area contributed by atoms with Crippen LogP contribution in [0.4, 0.5) is 5.69 Å². The van der Waals surface area contributed by atoms with Crippen molar-refractivity contribution in [2.45, 2.75) is 59.7 Å². The molecule has 0 fully saturated rings. The molecule has 0 amide bonds. The summed E-state index contributed by atoms with van der Waals surface area (Å²) < 4.78 is 32.7. The molecule has 12 heteroatoms. The molecule has 0 saturated heterocycles. The summed E-state index contributed by atoms with van der Waals surface area (Å²) in [6.45, 7) is 9.74. The molecule has 1 aliphatic rings. The molecule has 186 valence electrons. The van der Waals surface area contributed by atoms with E-state index >= 15 is 0 Å². The summed E-state index contributed by atoms with van der Waals surface area (Å²) in [4.78, 5) is 37.2. The standard InChI is InChI=1S/C22H28ClN3O7S/c1-11(2)25-34(31,32)10-18(27)19-13(5)24-14(6)20(22(28)33-12(3)4)21(19)16-9-15(26(29)30)7-8-17(16)23/h7-9,11-13,24-25H,10H2,1-6H3. The van der Waals surface area contributed by atoms with Crippen molar-refractivity contribution in [3.8, 4) is 0 Å². The van der Waals surface area contributed by atoms with Crippen molar-refractivity contribution in [1.29, 1.82) is 0 Å². The van der Waals surface area contributed by atoms with E-state index in [4.69, 9.17) is 16.3 Å². The molecule has 1 aromatic carbocycles. The molecule has 10 nitrogen and oxygen atoms in total. The second-order valence-electron chi connectivity index (χ2n) is 8.48. The van der Waals surface area contributed by atoms with E-state index in [-0.39, 0.29) is 33.0 Å².